The van der Waals surface area contributed by atoms with Gasteiger partial charge in [0.1, 0.15) is 0 Å². The van der Waals surface area contributed by atoms with Crippen LogP contribution in [0.4, 0.5) is 0 Å². The predicted molar refractivity (Wildman–Crippen MR) is 75.6 cm³/mol. The molecular formula is C17H27NO. The Morgan fingerprint density at radius 1 is 0.947 bits per heavy atom. The minimum atomic E-state index is 0.158. The van der Waals surface area contributed by atoms with Gasteiger partial charge >= 0.3 is 0 Å². The molecule has 0 heterocycles. The third kappa shape index (κ3) is 1.86. The van der Waals surface area contributed by atoms with Crippen LogP contribution < -0.4 is 5.32 Å². The first-order valence-corrected chi connectivity index (χ1v) is 8.43. The molecule has 4 bridgehead atoms. The topological polar surface area (TPSA) is 29.1 Å². The van der Waals surface area contributed by atoms with E-state index in [2.05, 4.69) is 5.32 Å². The predicted octanol–water partition coefficient (Wildman–Crippen LogP) is 3.51. The second-order valence-electron chi connectivity index (χ2n) is 8.01. The number of nitrogens with one attached hydrogen (secondary N) is 1. The van der Waals surface area contributed by atoms with Gasteiger partial charge in [-0.1, -0.05) is 0 Å². The molecule has 0 atom stereocenters. The first-order chi connectivity index (χ1) is 9.15. The second kappa shape index (κ2) is 4.23. The molecule has 2 heteroatoms. The minimum Gasteiger partial charge on any atom is -0.354 e. The van der Waals surface area contributed by atoms with Crippen molar-refractivity contribution in [2.75, 3.05) is 0 Å². The van der Waals surface area contributed by atoms with Crippen LogP contribution in [0.2, 0.25) is 0 Å². The standard InChI is InChI=1S/C17H27NO/c1-11(19)18-16-2-4-17(5-3-16)14-7-12-6-13(9-14)10-15(17)8-12/h12-16H,2-10H2,1H3,(H,18,19). The Morgan fingerprint density at radius 2 is 1.47 bits per heavy atom. The average Bonchev–Trinajstić information content (AvgIpc) is 2.36. The van der Waals surface area contributed by atoms with Gasteiger partial charge in [-0.3, -0.25) is 4.79 Å². The quantitative estimate of drug-likeness (QED) is 0.769. The van der Waals surface area contributed by atoms with E-state index in [1.807, 2.05) is 0 Å². The molecule has 0 aromatic heterocycles. The van der Waals surface area contributed by atoms with E-state index in [1.54, 1.807) is 13.3 Å². The van der Waals surface area contributed by atoms with E-state index in [-0.39, 0.29) is 5.91 Å². The SMILES string of the molecule is CC(=O)NC1CCC2(CC1)C1CC3CC(C1)CC2C3. The van der Waals surface area contributed by atoms with Gasteiger partial charge in [0.15, 0.2) is 0 Å². The van der Waals surface area contributed by atoms with Crippen LogP contribution in [-0.4, -0.2) is 11.9 Å². The Kier molecular flexibility index (Phi) is 2.72. The summed E-state index contributed by atoms with van der Waals surface area (Å²) in [5.74, 6) is 4.41. The zero-order valence-electron chi connectivity index (χ0n) is 12.2. The third-order valence-corrected chi connectivity index (χ3v) is 7.09. The molecule has 1 amide bonds. The highest BCUT2D eigenvalue weighted by Crippen LogP contribution is 2.66. The molecule has 1 N–H and O–H groups in total. The summed E-state index contributed by atoms with van der Waals surface area (Å²) in [6.45, 7) is 1.66. The number of carbonyl (C=O) groups excluding carboxylic acids is 1. The van der Waals surface area contributed by atoms with E-state index in [0.29, 0.717) is 11.5 Å². The van der Waals surface area contributed by atoms with Crippen molar-refractivity contribution in [1.29, 1.82) is 0 Å². The van der Waals surface area contributed by atoms with Crippen LogP contribution in [0, 0.1) is 29.1 Å². The highest BCUT2D eigenvalue weighted by molar-refractivity contribution is 5.73. The number of rotatable bonds is 1. The Hall–Kier alpha value is -0.530. The molecule has 0 aromatic rings. The first kappa shape index (κ1) is 12.2. The molecule has 0 unspecified atom stereocenters. The maximum atomic E-state index is 11.2. The summed E-state index contributed by atoms with van der Waals surface area (Å²) in [6, 6.07) is 0.473. The van der Waals surface area contributed by atoms with Gasteiger partial charge in [0.25, 0.3) is 0 Å². The Balaban J connectivity index is 1.49. The highest BCUT2D eigenvalue weighted by Gasteiger charge is 2.57. The fourth-order valence-corrected chi connectivity index (χ4v) is 6.53. The zero-order chi connectivity index (χ0) is 13.0. The zero-order valence-corrected chi connectivity index (χ0v) is 12.2. The molecule has 5 aliphatic rings. The fourth-order valence-electron chi connectivity index (χ4n) is 6.53. The van der Waals surface area contributed by atoms with Crippen molar-refractivity contribution in [3.05, 3.63) is 0 Å². The molecule has 0 aromatic carbocycles. The van der Waals surface area contributed by atoms with Gasteiger partial charge in [-0.25, -0.2) is 0 Å². The van der Waals surface area contributed by atoms with Gasteiger partial charge in [0.2, 0.25) is 5.91 Å². The molecule has 5 rings (SSSR count). The monoisotopic (exact) mass is 261 g/mol. The smallest absolute Gasteiger partial charge is 0.217 e. The van der Waals surface area contributed by atoms with Crippen LogP contribution >= 0.6 is 0 Å². The van der Waals surface area contributed by atoms with Crippen LogP contribution in [0.3, 0.4) is 0 Å². The largest absolute Gasteiger partial charge is 0.354 e. The van der Waals surface area contributed by atoms with Crippen molar-refractivity contribution < 1.29 is 4.79 Å². The fraction of sp³-hybridized carbons (Fsp3) is 0.941. The number of hydrogen-bond acceptors (Lipinski definition) is 1. The van der Waals surface area contributed by atoms with Gasteiger partial charge in [-0.05, 0) is 86.9 Å². The van der Waals surface area contributed by atoms with Gasteiger partial charge in [-0.15, -0.1) is 0 Å². The van der Waals surface area contributed by atoms with E-state index in [9.17, 15) is 4.79 Å². The van der Waals surface area contributed by atoms with Crippen molar-refractivity contribution in [1.82, 2.24) is 5.32 Å². The van der Waals surface area contributed by atoms with Crippen LogP contribution in [0.25, 0.3) is 0 Å². The lowest BCUT2D eigenvalue weighted by Gasteiger charge is -2.63. The molecule has 5 saturated carbocycles. The van der Waals surface area contributed by atoms with Gasteiger partial charge in [0.05, 0.1) is 0 Å². The molecular weight excluding hydrogens is 234 g/mol. The van der Waals surface area contributed by atoms with Crippen LogP contribution in [0.1, 0.15) is 64.7 Å². The lowest BCUT2D eigenvalue weighted by molar-refractivity contribution is -0.132. The van der Waals surface area contributed by atoms with Crippen molar-refractivity contribution in [3.63, 3.8) is 0 Å². The summed E-state index contributed by atoms with van der Waals surface area (Å²) in [4.78, 5) is 11.2. The van der Waals surface area contributed by atoms with E-state index < -0.39 is 0 Å². The molecule has 5 fully saturated rings. The van der Waals surface area contributed by atoms with E-state index >= 15 is 0 Å². The molecule has 0 saturated heterocycles. The Bertz CT molecular complexity index is 351. The minimum absolute atomic E-state index is 0.158. The maximum Gasteiger partial charge on any atom is 0.217 e. The second-order valence-corrected chi connectivity index (χ2v) is 8.01. The average molecular weight is 261 g/mol. The van der Waals surface area contributed by atoms with Crippen molar-refractivity contribution in [2.45, 2.75) is 70.8 Å². The summed E-state index contributed by atoms with van der Waals surface area (Å²) in [5, 5.41) is 3.15. The molecule has 1 spiro atoms. The van der Waals surface area contributed by atoms with Crippen LogP contribution in [-0.2, 0) is 4.79 Å². The number of hydrogen-bond donors (Lipinski definition) is 1. The highest BCUT2D eigenvalue weighted by atomic mass is 16.1. The first-order valence-electron chi connectivity index (χ1n) is 8.43. The normalized spacial score (nSPS) is 51.5. The summed E-state index contributed by atoms with van der Waals surface area (Å²) >= 11 is 0. The summed E-state index contributed by atoms with van der Waals surface area (Å²) in [6.07, 6.45) is 13.0. The van der Waals surface area contributed by atoms with E-state index in [0.717, 1.165) is 23.7 Å². The summed E-state index contributed by atoms with van der Waals surface area (Å²) in [5.41, 5.74) is 0.697. The molecule has 106 valence electrons. The molecule has 0 aliphatic heterocycles. The number of carbonyl (C=O) groups is 1. The van der Waals surface area contributed by atoms with Gasteiger partial charge in [-0.2, -0.15) is 0 Å². The van der Waals surface area contributed by atoms with E-state index in [4.69, 9.17) is 0 Å². The summed E-state index contributed by atoms with van der Waals surface area (Å²) in [7, 11) is 0. The van der Waals surface area contributed by atoms with Crippen molar-refractivity contribution >= 4 is 5.91 Å². The summed E-state index contributed by atoms with van der Waals surface area (Å²) < 4.78 is 0. The molecule has 19 heavy (non-hydrogen) atoms. The Morgan fingerprint density at radius 3 is 1.95 bits per heavy atom. The van der Waals surface area contributed by atoms with Crippen molar-refractivity contribution in [2.24, 2.45) is 29.1 Å². The van der Waals surface area contributed by atoms with Gasteiger partial charge in [0, 0.05) is 13.0 Å². The molecule has 0 radical (unpaired) electrons. The lowest BCUT2D eigenvalue weighted by atomic mass is 9.42. The lowest BCUT2D eigenvalue weighted by Crippen LogP contribution is -2.55. The van der Waals surface area contributed by atoms with Crippen molar-refractivity contribution in [3.8, 4) is 0 Å². The Labute approximate surface area is 116 Å². The number of amides is 1. The van der Waals surface area contributed by atoms with Crippen LogP contribution in [0.5, 0.6) is 0 Å². The van der Waals surface area contributed by atoms with E-state index in [1.165, 1.54) is 51.4 Å². The van der Waals surface area contributed by atoms with Gasteiger partial charge < -0.3 is 5.32 Å². The maximum absolute atomic E-state index is 11.2. The third-order valence-electron chi connectivity index (χ3n) is 7.09. The van der Waals surface area contributed by atoms with Crippen LogP contribution in [0.15, 0.2) is 0 Å². The molecule has 5 aliphatic carbocycles. The molecule has 2 nitrogen and oxygen atoms in total.